The van der Waals surface area contributed by atoms with E-state index in [1.54, 1.807) is 7.11 Å². The maximum absolute atomic E-state index is 13.0. The highest BCUT2D eigenvalue weighted by Crippen LogP contribution is 2.32. The highest BCUT2D eigenvalue weighted by atomic mass is 16.5. The molecule has 1 aliphatic heterocycles. The molecule has 3 aromatic rings. The number of nitrogens with zero attached hydrogens (tertiary/aromatic N) is 2. The van der Waals surface area contributed by atoms with E-state index in [-0.39, 0.29) is 11.9 Å². The monoisotopic (exact) mass is 372 g/mol. The number of pyridine rings is 1. The summed E-state index contributed by atoms with van der Waals surface area (Å²) in [7, 11) is 1.69. The van der Waals surface area contributed by atoms with Crippen LogP contribution < -0.4 is 4.74 Å². The first-order valence-electron chi connectivity index (χ1n) is 9.70. The molecule has 1 atom stereocenters. The Morgan fingerprint density at radius 2 is 1.82 bits per heavy atom. The summed E-state index contributed by atoms with van der Waals surface area (Å²) in [4.78, 5) is 19.8. The Labute approximate surface area is 165 Å². The second-order valence-corrected chi connectivity index (χ2v) is 7.07. The van der Waals surface area contributed by atoms with Crippen LogP contribution in [-0.2, 0) is 6.42 Å². The quantitative estimate of drug-likeness (QED) is 0.654. The molecule has 142 valence electrons. The number of methoxy groups -OCH3 is 1. The fourth-order valence-electron chi connectivity index (χ4n) is 3.89. The first-order chi connectivity index (χ1) is 13.8. The Balaban J connectivity index is 1.57. The van der Waals surface area contributed by atoms with E-state index >= 15 is 0 Å². The Kier molecular flexibility index (Phi) is 5.38. The molecule has 0 saturated carbocycles. The van der Waals surface area contributed by atoms with Gasteiger partial charge in [0.1, 0.15) is 5.75 Å². The second kappa shape index (κ2) is 8.26. The summed E-state index contributed by atoms with van der Waals surface area (Å²) >= 11 is 0. The number of hydrogen-bond acceptors (Lipinski definition) is 3. The Hall–Kier alpha value is -3.14. The smallest absolute Gasteiger partial charge is 0.254 e. The fraction of sp³-hybridized carbons (Fsp3) is 0.250. The predicted octanol–water partition coefficient (Wildman–Crippen LogP) is 4.66. The third kappa shape index (κ3) is 3.77. The van der Waals surface area contributed by atoms with Gasteiger partial charge in [0, 0.05) is 29.8 Å². The summed E-state index contributed by atoms with van der Waals surface area (Å²) in [6.45, 7) is 0.775. The number of para-hydroxylation sites is 1. The van der Waals surface area contributed by atoms with Gasteiger partial charge in [-0.05, 0) is 43.2 Å². The van der Waals surface area contributed by atoms with E-state index in [1.165, 1.54) is 0 Å². The second-order valence-electron chi connectivity index (χ2n) is 7.07. The van der Waals surface area contributed by atoms with E-state index in [9.17, 15) is 4.79 Å². The molecule has 0 spiro atoms. The molecule has 1 unspecified atom stereocenters. The van der Waals surface area contributed by atoms with E-state index in [1.807, 2.05) is 71.6 Å². The van der Waals surface area contributed by atoms with Crippen LogP contribution in [0.2, 0.25) is 0 Å². The lowest BCUT2D eigenvalue weighted by molar-refractivity contribution is 0.0733. The zero-order chi connectivity index (χ0) is 19.3. The van der Waals surface area contributed by atoms with Gasteiger partial charge in [-0.25, -0.2) is 0 Å². The van der Waals surface area contributed by atoms with Crippen LogP contribution in [0, 0.1) is 0 Å². The average molecular weight is 372 g/mol. The molecule has 0 N–H and O–H groups in total. The summed E-state index contributed by atoms with van der Waals surface area (Å²) in [5, 5.41) is 0. The zero-order valence-electron chi connectivity index (χ0n) is 16.0. The third-order valence-electron chi connectivity index (χ3n) is 5.27. The lowest BCUT2D eigenvalue weighted by Gasteiger charge is -2.25. The number of carbonyl (C=O) groups is 1. The normalized spacial score (nSPS) is 16.2. The van der Waals surface area contributed by atoms with Crippen molar-refractivity contribution in [2.24, 2.45) is 0 Å². The molecular weight excluding hydrogens is 348 g/mol. The van der Waals surface area contributed by atoms with Crippen LogP contribution in [0.5, 0.6) is 5.75 Å². The number of aromatic nitrogens is 1. The van der Waals surface area contributed by atoms with Crippen molar-refractivity contribution in [2.45, 2.75) is 25.3 Å². The number of hydrogen-bond donors (Lipinski definition) is 0. The molecule has 2 aromatic carbocycles. The van der Waals surface area contributed by atoms with Crippen molar-refractivity contribution >= 4 is 5.91 Å². The van der Waals surface area contributed by atoms with Gasteiger partial charge in [0.15, 0.2) is 0 Å². The van der Waals surface area contributed by atoms with Crippen LogP contribution in [0.15, 0.2) is 72.8 Å². The molecule has 0 radical (unpaired) electrons. The van der Waals surface area contributed by atoms with E-state index < -0.39 is 0 Å². The summed E-state index contributed by atoms with van der Waals surface area (Å²) in [5.74, 6) is 0.955. The molecule has 1 fully saturated rings. The topological polar surface area (TPSA) is 42.4 Å². The van der Waals surface area contributed by atoms with Crippen LogP contribution in [0.4, 0.5) is 0 Å². The van der Waals surface area contributed by atoms with Crippen LogP contribution in [-0.4, -0.2) is 29.4 Å². The fourth-order valence-corrected chi connectivity index (χ4v) is 3.89. The van der Waals surface area contributed by atoms with Gasteiger partial charge in [-0.15, -0.1) is 0 Å². The number of benzene rings is 2. The van der Waals surface area contributed by atoms with Gasteiger partial charge >= 0.3 is 0 Å². The maximum Gasteiger partial charge on any atom is 0.254 e. The van der Waals surface area contributed by atoms with Crippen LogP contribution in [0.25, 0.3) is 0 Å². The lowest BCUT2D eigenvalue weighted by Crippen LogP contribution is -2.31. The van der Waals surface area contributed by atoms with Crippen molar-refractivity contribution < 1.29 is 9.53 Å². The van der Waals surface area contributed by atoms with Gasteiger partial charge in [-0.3, -0.25) is 9.78 Å². The van der Waals surface area contributed by atoms with Crippen LogP contribution >= 0.6 is 0 Å². The molecule has 2 heterocycles. The number of amides is 1. The summed E-state index contributed by atoms with van der Waals surface area (Å²) < 4.78 is 5.46. The van der Waals surface area contributed by atoms with Gasteiger partial charge in [-0.1, -0.05) is 42.5 Å². The average Bonchev–Trinajstić information content (AvgIpc) is 3.24. The molecule has 1 amide bonds. The largest absolute Gasteiger partial charge is 0.496 e. The van der Waals surface area contributed by atoms with Gasteiger partial charge in [-0.2, -0.15) is 0 Å². The molecule has 1 aliphatic rings. The highest BCUT2D eigenvalue weighted by Gasteiger charge is 2.31. The molecule has 1 aromatic heterocycles. The van der Waals surface area contributed by atoms with E-state index in [2.05, 4.69) is 6.07 Å². The third-order valence-corrected chi connectivity index (χ3v) is 5.27. The van der Waals surface area contributed by atoms with Crippen molar-refractivity contribution in [1.29, 1.82) is 0 Å². The summed E-state index contributed by atoms with van der Waals surface area (Å²) in [6, 6.07) is 23.7. The van der Waals surface area contributed by atoms with Gasteiger partial charge in [0.2, 0.25) is 0 Å². The van der Waals surface area contributed by atoms with Crippen molar-refractivity contribution in [3.8, 4) is 5.75 Å². The van der Waals surface area contributed by atoms with Gasteiger partial charge in [0.05, 0.1) is 18.8 Å². The Bertz CT molecular complexity index is 956. The number of carbonyl (C=O) groups excluding carboxylic acids is 1. The van der Waals surface area contributed by atoms with Crippen LogP contribution in [0.1, 0.15) is 46.2 Å². The summed E-state index contributed by atoms with van der Waals surface area (Å²) in [6.07, 6.45) is 2.66. The maximum atomic E-state index is 13.0. The Morgan fingerprint density at radius 1 is 1.04 bits per heavy atom. The highest BCUT2D eigenvalue weighted by molar-refractivity contribution is 5.94. The molecule has 4 rings (SSSR count). The number of likely N-dealkylation sites (tertiary alicyclic amines) is 1. The predicted molar refractivity (Wildman–Crippen MR) is 109 cm³/mol. The minimum atomic E-state index is 0.0327. The molecule has 4 nitrogen and oxygen atoms in total. The van der Waals surface area contributed by atoms with E-state index in [0.29, 0.717) is 6.42 Å². The zero-order valence-corrected chi connectivity index (χ0v) is 16.0. The van der Waals surface area contributed by atoms with Gasteiger partial charge in [0.25, 0.3) is 5.91 Å². The van der Waals surface area contributed by atoms with Crippen molar-refractivity contribution in [2.75, 3.05) is 13.7 Å². The van der Waals surface area contributed by atoms with Crippen LogP contribution in [0.3, 0.4) is 0 Å². The summed E-state index contributed by atoms with van der Waals surface area (Å²) in [5.41, 5.74) is 3.80. The first kappa shape index (κ1) is 18.2. The minimum Gasteiger partial charge on any atom is -0.496 e. The number of ether oxygens (including phenoxy) is 1. The molecular formula is C24H24N2O2. The molecule has 0 bridgehead atoms. The lowest BCUT2D eigenvalue weighted by atomic mass is 10.1. The molecule has 4 heteroatoms. The van der Waals surface area contributed by atoms with E-state index in [4.69, 9.17) is 9.72 Å². The van der Waals surface area contributed by atoms with Crippen molar-refractivity contribution in [1.82, 2.24) is 9.88 Å². The molecule has 28 heavy (non-hydrogen) atoms. The molecule has 1 saturated heterocycles. The number of rotatable bonds is 5. The van der Waals surface area contributed by atoms with Crippen molar-refractivity contribution in [3.63, 3.8) is 0 Å². The van der Waals surface area contributed by atoms with Crippen molar-refractivity contribution in [3.05, 3.63) is 95.3 Å². The Morgan fingerprint density at radius 3 is 2.64 bits per heavy atom. The SMILES string of the molecule is COc1ccccc1Cc1cccc(C2CCCN2C(=O)c2ccccc2)n1. The van der Waals surface area contributed by atoms with Gasteiger partial charge < -0.3 is 9.64 Å². The first-order valence-corrected chi connectivity index (χ1v) is 9.70. The minimum absolute atomic E-state index is 0.0327. The molecule has 0 aliphatic carbocycles. The van der Waals surface area contributed by atoms with E-state index in [0.717, 1.165) is 47.7 Å². The standard InChI is InChI=1S/C24H24N2O2/c1-28-23-15-6-5-11-19(23)17-20-12-7-13-21(25-20)22-14-8-16-26(22)24(27)18-9-3-2-4-10-18/h2-7,9-13,15,22H,8,14,16-17H2,1H3.